The van der Waals surface area contributed by atoms with E-state index in [0.717, 1.165) is 51.4 Å². The predicted molar refractivity (Wildman–Crippen MR) is 286 cm³/mol. The Kier molecular flexibility index (Phi) is 47.8. The highest BCUT2D eigenvalue weighted by Crippen LogP contribution is 2.43. The molecule has 1 amide bonds. The molecule has 9 heteroatoms. The lowest BCUT2D eigenvalue weighted by Crippen LogP contribution is -2.45. The summed E-state index contributed by atoms with van der Waals surface area (Å²) in [5, 5.41) is 13.8. The van der Waals surface area contributed by atoms with E-state index in [1.807, 2.05) is 27.2 Å². The SMILES string of the molecule is CCCC/C=C/CC/C=C/CC/C=C/C(O)C(COP(=O)(O)OCC[N+](C)(C)C)NC(=O)CCCCCCCCCCCCCCCCCCCCCCCCCCCCCCCCCC. The Balaban J connectivity index is 3.99. The second-order valence-corrected chi connectivity index (χ2v) is 22.1. The molecule has 3 atom stereocenters. The number of rotatable bonds is 52. The van der Waals surface area contributed by atoms with Crippen molar-refractivity contribution in [1.82, 2.24) is 5.32 Å². The van der Waals surface area contributed by atoms with E-state index in [1.165, 1.54) is 199 Å². The van der Waals surface area contributed by atoms with E-state index in [-0.39, 0.29) is 19.1 Å². The third kappa shape index (κ3) is 50.6. The third-order valence-electron chi connectivity index (χ3n) is 12.8. The first kappa shape index (κ1) is 64.7. The van der Waals surface area contributed by atoms with Gasteiger partial charge >= 0.3 is 7.82 Å². The molecular formula is C57H112N2O6P+. The summed E-state index contributed by atoms with van der Waals surface area (Å²) < 4.78 is 23.6. The standard InChI is InChI=1S/C57H111N2O6P/c1-6-8-10-12-14-16-18-20-21-22-23-24-25-26-27-28-29-30-31-32-33-34-35-36-37-38-39-41-43-45-47-49-51-57(61)58-55(54-65-66(62,63)64-53-52-59(3,4)5)56(60)50-48-46-44-42-40-19-17-15-13-11-9-7-2/h13,15,40,42,48,50,55-56,60H,6-12,14,16-39,41,43-47,49,51-54H2,1-5H3,(H-,58,61,62,63)/p+1/b15-13+,42-40+,50-48+. The van der Waals surface area contributed by atoms with Gasteiger partial charge in [0.25, 0.3) is 0 Å². The number of nitrogens with one attached hydrogen (secondary N) is 1. The largest absolute Gasteiger partial charge is 0.472 e. The van der Waals surface area contributed by atoms with Gasteiger partial charge in [-0.1, -0.05) is 262 Å². The van der Waals surface area contributed by atoms with Gasteiger partial charge in [0.2, 0.25) is 5.91 Å². The van der Waals surface area contributed by atoms with Crippen LogP contribution < -0.4 is 5.32 Å². The molecule has 8 nitrogen and oxygen atoms in total. The van der Waals surface area contributed by atoms with Crippen LogP contribution in [0.1, 0.15) is 271 Å². The fourth-order valence-corrected chi connectivity index (χ4v) is 9.09. The van der Waals surface area contributed by atoms with Crippen molar-refractivity contribution in [1.29, 1.82) is 0 Å². The molecule has 0 spiro atoms. The lowest BCUT2D eigenvalue weighted by molar-refractivity contribution is -0.870. The predicted octanol–water partition coefficient (Wildman–Crippen LogP) is 17.0. The number of carbonyl (C=O) groups excluding carboxylic acids is 1. The van der Waals surface area contributed by atoms with Gasteiger partial charge in [-0.25, -0.2) is 4.57 Å². The van der Waals surface area contributed by atoms with Gasteiger partial charge < -0.3 is 19.8 Å². The number of aliphatic hydroxyl groups excluding tert-OH is 1. The van der Waals surface area contributed by atoms with Crippen LogP contribution in [-0.4, -0.2) is 73.4 Å². The van der Waals surface area contributed by atoms with Crippen LogP contribution >= 0.6 is 7.82 Å². The van der Waals surface area contributed by atoms with E-state index >= 15 is 0 Å². The molecule has 0 aromatic rings. The molecule has 0 aromatic carbocycles. The zero-order valence-corrected chi connectivity index (χ0v) is 45.3. The lowest BCUT2D eigenvalue weighted by atomic mass is 10.0. The minimum absolute atomic E-state index is 0.0547. The molecule has 0 saturated heterocycles. The Morgan fingerprint density at radius 2 is 0.833 bits per heavy atom. The van der Waals surface area contributed by atoms with Crippen molar-refractivity contribution in [3.05, 3.63) is 36.5 Å². The smallest absolute Gasteiger partial charge is 0.387 e. The molecule has 66 heavy (non-hydrogen) atoms. The van der Waals surface area contributed by atoms with Crippen molar-refractivity contribution in [3.63, 3.8) is 0 Å². The minimum Gasteiger partial charge on any atom is -0.387 e. The second-order valence-electron chi connectivity index (χ2n) is 20.7. The summed E-state index contributed by atoms with van der Waals surface area (Å²) in [6.07, 6.45) is 62.8. The van der Waals surface area contributed by atoms with Gasteiger partial charge in [0.15, 0.2) is 0 Å². The van der Waals surface area contributed by atoms with Gasteiger partial charge in [-0.05, 0) is 38.5 Å². The molecule has 0 aromatic heterocycles. The van der Waals surface area contributed by atoms with E-state index in [0.29, 0.717) is 17.4 Å². The average molecular weight is 953 g/mol. The first-order chi connectivity index (χ1) is 32.0. The van der Waals surface area contributed by atoms with Gasteiger partial charge in [0.05, 0.1) is 39.9 Å². The van der Waals surface area contributed by atoms with E-state index in [9.17, 15) is 19.4 Å². The maximum Gasteiger partial charge on any atom is 0.472 e. The minimum atomic E-state index is -4.35. The van der Waals surface area contributed by atoms with Gasteiger partial charge in [0, 0.05) is 6.42 Å². The summed E-state index contributed by atoms with van der Waals surface area (Å²) in [5.74, 6) is -0.188. The highest BCUT2D eigenvalue weighted by atomic mass is 31.2. The van der Waals surface area contributed by atoms with Crippen molar-refractivity contribution >= 4 is 13.7 Å². The molecule has 0 fully saturated rings. The molecule has 0 bridgehead atoms. The molecule has 390 valence electrons. The quantitative estimate of drug-likeness (QED) is 0.0243. The summed E-state index contributed by atoms with van der Waals surface area (Å²) in [5.41, 5.74) is 0. The Bertz CT molecular complexity index is 1170. The first-order valence-electron chi connectivity index (χ1n) is 28.4. The fourth-order valence-electron chi connectivity index (χ4n) is 8.36. The van der Waals surface area contributed by atoms with Crippen LogP contribution in [0.2, 0.25) is 0 Å². The molecular weight excluding hydrogens is 840 g/mol. The number of phosphoric ester groups is 1. The molecule has 0 rings (SSSR count). The molecule has 0 saturated carbocycles. The van der Waals surface area contributed by atoms with Crippen LogP contribution in [0.3, 0.4) is 0 Å². The first-order valence-corrected chi connectivity index (χ1v) is 29.9. The number of hydrogen-bond donors (Lipinski definition) is 3. The van der Waals surface area contributed by atoms with Crippen LogP contribution in [0.5, 0.6) is 0 Å². The molecule has 0 aliphatic carbocycles. The Labute approximate surface area is 410 Å². The van der Waals surface area contributed by atoms with E-state index in [1.54, 1.807) is 6.08 Å². The van der Waals surface area contributed by atoms with Crippen molar-refractivity contribution in [2.45, 2.75) is 283 Å². The van der Waals surface area contributed by atoms with Crippen LogP contribution in [-0.2, 0) is 18.4 Å². The lowest BCUT2D eigenvalue weighted by Gasteiger charge is -2.25. The summed E-state index contributed by atoms with van der Waals surface area (Å²) >= 11 is 0. The highest BCUT2D eigenvalue weighted by molar-refractivity contribution is 7.47. The third-order valence-corrected chi connectivity index (χ3v) is 13.8. The second kappa shape index (κ2) is 48.7. The average Bonchev–Trinajstić information content (AvgIpc) is 3.28. The topological polar surface area (TPSA) is 105 Å². The van der Waals surface area contributed by atoms with Crippen LogP contribution in [0.15, 0.2) is 36.5 Å². The summed E-state index contributed by atoms with van der Waals surface area (Å²) in [6, 6.07) is -0.866. The molecule has 0 radical (unpaired) electrons. The Morgan fingerprint density at radius 3 is 1.20 bits per heavy atom. The molecule has 3 unspecified atom stereocenters. The zero-order valence-electron chi connectivity index (χ0n) is 44.4. The number of quaternary nitrogens is 1. The Hall–Kier alpha value is -1.28. The van der Waals surface area contributed by atoms with Crippen LogP contribution in [0.4, 0.5) is 0 Å². The summed E-state index contributed by atoms with van der Waals surface area (Å²) in [4.78, 5) is 23.2. The van der Waals surface area contributed by atoms with Crippen molar-refractivity contribution in [2.75, 3.05) is 40.9 Å². The number of aliphatic hydroxyl groups is 1. The van der Waals surface area contributed by atoms with Gasteiger partial charge in [-0.3, -0.25) is 13.8 Å². The number of hydrogen-bond acceptors (Lipinski definition) is 5. The number of nitrogens with zero attached hydrogens (tertiary/aromatic N) is 1. The van der Waals surface area contributed by atoms with E-state index in [4.69, 9.17) is 9.05 Å². The number of unbranched alkanes of at least 4 members (excludes halogenated alkanes) is 35. The number of amides is 1. The summed E-state index contributed by atoms with van der Waals surface area (Å²) in [7, 11) is 1.55. The molecule has 0 heterocycles. The number of allylic oxidation sites excluding steroid dienone is 5. The van der Waals surface area contributed by atoms with E-state index < -0.39 is 20.0 Å². The van der Waals surface area contributed by atoms with Gasteiger partial charge in [0.1, 0.15) is 13.2 Å². The van der Waals surface area contributed by atoms with Crippen molar-refractivity contribution < 1.29 is 32.9 Å². The normalized spacial score (nSPS) is 14.2. The number of likely N-dealkylation sites (N-methyl/N-ethyl adjacent to an activating group) is 1. The monoisotopic (exact) mass is 952 g/mol. The maximum absolute atomic E-state index is 12.9. The molecule has 0 aliphatic heterocycles. The molecule has 3 N–H and O–H groups in total. The maximum atomic E-state index is 12.9. The van der Waals surface area contributed by atoms with Crippen molar-refractivity contribution in [2.24, 2.45) is 0 Å². The zero-order chi connectivity index (χ0) is 48.5. The van der Waals surface area contributed by atoms with Crippen LogP contribution in [0, 0.1) is 0 Å². The number of phosphoric acid groups is 1. The van der Waals surface area contributed by atoms with Gasteiger partial charge in [-0.15, -0.1) is 0 Å². The summed E-state index contributed by atoms with van der Waals surface area (Å²) in [6.45, 7) is 4.76. The molecule has 0 aliphatic rings. The van der Waals surface area contributed by atoms with Crippen LogP contribution in [0.25, 0.3) is 0 Å². The van der Waals surface area contributed by atoms with Crippen molar-refractivity contribution in [3.8, 4) is 0 Å². The highest BCUT2D eigenvalue weighted by Gasteiger charge is 2.27. The fraction of sp³-hybridized carbons (Fsp3) is 0.877. The van der Waals surface area contributed by atoms with E-state index in [2.05, 4.69) is 43.5 Å². The van der Waals surface area contributed by atoms with Gasteiger partial charge in [-0.2, -0.15) is 0 Å². The Morgan fingerprint density at radius 1 is 0.500 bits per heavy atom. The number of carbonyl (C=O) groups is 1.